The second-order valence-electron chi connectivity index (χ2n) is 4.60. The fourth-order valence-electron chi connectivity index (χ4n) is 1.16. The molecule has 0 aliphatic carbocycles. The second kappa shape index (κ2) is 4.48. The Morgan fingerprint density at radius 1 is 1.67 bits per heavy atom. The second-order valence-corrected chi connectivity index (χ2v) is 4.60. The van der Waals surface area contributed by atoms with E-state index in [2.05, 4.69) is 4.98 Å². The molecule has 2 rings (SSSR count). The van der Waals surface area contributed by atoms with Gasteiger partial charge < -0.3 is 14.7 Å². The average molecular weight is 258 g/mol. The van der Waals surface area contributed by atoms with Gasteiger partial charge in [0.2, 0.25) is 0 Å². The van der Waals surface area contributed by atoms with Crippen LogP contribution in [0.1, 0.15) is 43.2 Å². The van der Waals surface area contributed by atoms with Crippen molar-refractivity contribution in [3.05, 3.63) is 24.0 Å². The van der Waals surface area contributed by atoms with Crippen LogP contribution in [0.4, 0.5) is 4.79 Å². The lowest BCUT2D eigenvalue weighted by Gasteiger charge is -2.39. The molecular formula is C13H18N2O3. The largest absolute Gasteiger partial charge is 0.506 e. The normalized spacial score (nSPS) is 30.1. The van der Waals surface area contributed by atoms with E-state index < -0.39 is 60.3 Å². The predicted octanol–water partition coefficient (Wildman–Crippen LogP) is 2.12. The van der Waals surface area contributed by atoms with Crippen LogP contribution >= 0.6 is 0 Å². The van der Waals surface area contributed by atoms with Crippen molar-refractivity contribution in [2.75, 3.05) is 13.0 Å². The Balaban J connectivity index is 2.62. The smallest absolute Gasteiger partial charge is 0.410 e. The van der Waals surface area contributed by atoms with E-state index in [0.717, 1.165) is 0 Å². The summed E-state index contributed by atoms with van der Waals surface area (Å²) in [6.07, 6.45) is -3.07. The lowest BCUT2D eigenvalue weighted by molar-refractivity contribution is 0.00816. The number of carbonyl (C=O) groups is 1. The highest BCUT2D eigenvalue weighted by Crippen LogP contribution is 2.29. The van der Waals surface area contributed by atoms with Gasteiger partial charge in [0.05, 0.1) is 15.8 Å². The monoisotopic (exact) mass is 258 g/mol. The first-order valence-electron chi connectivity index (χ1n) is 9.20. The molecule has 1 saturated heterocycles. The van der Waals surface area contributed by atoms with Crippen molar-refractivity contribution in [2.24, 2.45) is 0 Å². The molecular weight excluding hydrogens is 232 g/mol. The highest BCUT2D eigenvalue weighted by molar-refractivity contribution is 5.69. The molecule has 1 aromatic rings. The zero-order valence-corrected chi connectivity index (χ0v) is 10.2. The summed E-state index contributed by atoms with van der Waals surface area (Å²) in [6, 6.07) is -0.957. The van der Waals surface area contributed by atoms with Gasteiger partial charge in [-0.05, 0) is 32.4 Å². The number of carbonyl (C=O) groups excluding carboxylic acids is 1. The predicted molar refractivity (Wildman–Crippen MR) is 66.4 cm³/mol. The first kappa shape index (κ1) is 5.91. The molecule has 1 N–H and O–H groups in total. The average Bonchev–Trinajstić information content (AvgIpc) is 2.41. The van der Waals surface area contributed by atoms with E-state index in [4.69, 9.17) is 15.7 Å². The summed E-state index contributed by atoms with van der Waals surface area (Å²) < 4.78 is 68.5. The number of aromatic hydroxyl groups is 1. The maximum absolute atomic E-state index is 12.2. The van der Waals surface area contributed by atoms with Gasteiger partial charge in [0.25, 0.3) is 0 Å². The van der Waals surface area contributed by atoms with Crippen LogP contribution in [0.5, 0.6) is 5.75 Å². The Hall–Kier alpha value is -1.78. The molecule has 0 spiro atoms. The number of aromatic nitrogens is 1. The van der Waals surface area contributed by atoms with Crippen LogP contribution < -0.4 is 0 Å². The van der Waals surface area contributed by atoms with E-state index in [1.165, 1.54) is 20.8 Å². The molecule has 2 heterocycles. The van der Waals surface area contributed by atoms with Gasteiger partial charge in [-0.2, -0.15) is 0 Å². The summed E-state index contributed by atoms with van der Waals surface area (Å²) >= 11 is 0. The van der Waals surface area contributed by atoms with E-state index in [-0.39, 0.29) is 4.90 Å². The van der Waals surface area contributed by atoms with Gasteiger partial charge in [-0.15, -0.1) is 0 Å². The first-order valence-corrected chi connectivity index (χ1v) is 5.20. The maximum atomic E-state index is 12.2. The molecule has 0 aromatic carbocycles. The number of hydrogen-bond donors (Lipinski definition) is 1. The summed E-state index contributed by atoms with van der Waals surface area (Å²) in [5.74, 6) is -3.95. The molecule has 0 saturated carbocycles. The summed E-state index contributed by atoms with van der Waals surface area (Å²) in [7, 11) is 0. The minimum atomic E-state index is -3.01. The summed E-state index contributed by atoms with van der Waals surface area (Å²) in [6.45, 7) is -1.52. The SMILES string of the molecule is [2H]c1nc([2H])c(C2([2H])C([2H])([2H])N(C(=O)OC(C)(C)C)C2([2H])[2H])c([2H])c1O. The van der Waals surface area contributed by atoms with Crippen molar-refractivity contribution in [1.29, 1.82) is 0 Å². The topological polar surface area (TPSA) is 62.7 Å². The Morgan fingerprint density at radius 3 is 2.94 bits per heavy atom. The molecule has 0 bridgehead atoms. The van der Waals surface area contributed by atoms with Gasteiger partial charge in [0, 0.05) is 26.4 Å². The van der Waals surface area contributed by atoms with E-state index >= 15 is 0 Å². The lowest BCUT2D eigenvalue weighted by atomic mass is 9.93. The van der Waals surface area contributed by atoms with Crippen molar-refractivity contribution >= 4 is 6.09 Å². The molecule has 1 amide bonds. The van der Waals surface area contributed by atoms with Gasteiger partial charge in [-0.25, -0.2) is 4.79 Å². The summed E-state index contributed by atoms with van der Waals surface area (Å²) in [5, 5.41) is 9.71. The zero-order chi connectivity index (χ0) is 20.5. The van der Waals surface area contributed by atoms with Gasteiger partial charge in [-0.3, -0.25) is 4.98 Å². The van der Waals surface area contributed by atoms with Gasteiger partial charge >= 0.3 is 6.09 Å². The van der Waals surface area contributed by atoms with Crippen LogP contribution in [-0.2, 0) is 4.74 Å². The highest BCUT2D eigenvalue weighted by Gasteiger charge is 2.34. The van der Waals surface area contributed by atoms with Crippen molar-refractivity contribution in [2.45, 2.75) is 32.3 Å². The Kier molecular flexibility index (Phi) is 1.47. The molecule has 18 heavy (non-hydrogen) atoms. The van der Waals surface area contributed by atoms with Crippen molar-refractivity contribution < 1.29 is 25.6 Å². The lowest BCUT2D eigenvalue weighted by Crippen LogP contribution is -2.50. The van der Waals surface area contributed by atoms with Crippen LogP contribution in [0.25, 0.3) is 0 Å². The number of hydrogen-bond acceptors (Lipinski definition) is 4. The number of ether oxygens (including phenoxy) is 1. The zero-order valence-electron chi connectivity index (χ0n) is 18.2. The van der Waals surface area contributed by atoms with Gasteiger partial charge in [-0.1, -0.05) is 0 Å². The maximum Gasteiger partial charge on any atom is 0.410 e. The van der Waals surface area contributed by atoms with Crippen LogP contribution in [0.15, 0.2) is 18.4 Å². The van der Waals surface area contributed by atoms with E-state index in [9.17, 15) is 9.90 Å². The fraction of sp³-hybridized carbons (Fsp3) is 0.538. The van der Waals surface area contributed by atoms with Gasteiger partial charge in [0.15, 0.2) is 0 Å². The number of rotatable bonds is 1. The highest BCUT2D eigenvalue weighted by atomic mass is 16.6. The van der Waals surface area contributed by atoms with Crippen LogP contribution in [0.2, 0.25) is 0 Å². The third-order valence-corrected chi connectivity index (χ3v) is 1.85. The molecule has 1 aliphatic rings. The molecule has 5 heteroatoms. The van der Waals surface area contributed by atoms with Crippen LogP contribution in [0.3, 0.4) is 0 Å². The van der Waals surface area contributed by atoms with Crippen LogP contribution in [-0.4, -0.2) is 39.7 Å². The van der Waals surface area contributed by atoms with Crippen molar-refractivity contribution in [3.63, 3.8) is 0 Å². The Labute approximate surface area is 118 Å². The van der Waals surface area contributed by atoms with E-state index in [1.54, 1.807) is 0 Å². The third kappa shape index (κ3) is 2.91. The summed E-state index contributed by atoms with van der Waals surface area (Å²) in [4.78, 5) is 15.6. The van der Waals surface area contributed by atoms with Crippen LogP contribution in [0, 0.1) is 0 Å². The standard InChI is InChI=1S/C13H18N2O3/c1-13(2,3)18-12(17)15-7-10(8-15)9-4-11(16)6-14-5-9/h4-6,10,16H,7-8H2,1-3H3/i4D,5D,6D,7D2,8D2,10D. The molecule has 1 aliphatic heterocycles. The molecule has 0 radical (unpaired) electrons. The fourth-order valence-corrected chi connectivity index (χ4v) is 1.16. The number of amides is 1. The Bertz CT molecular complexity index is 762. The Morgan fingerprint density at radius 2 is 2.33 bits per heavy atom. The minimum Gasteiger partial charge on any atom is -0.506 e. The van der Waals surface area contributed by atoms with Crippen molar-refractivity contribution in [1.82, 2.24) is 9.88 Å². The number of pyridine rings is 1. The molecule has 0 unspecified atom stereocenters. The van der Waals surface area contributed by atoms with Crippen molar-refractivity contribution in [3.8, 4) is 5.75 Å². The number of likely N-dealkylation sites (tertiary alicyclic amines) is 1. The molecule has 98 valence electrons. The molecule has 1 fully saturated rings. The number of nitrogens with zero attached hydrogens (tertiary/aromatic N) is 2. The molecule has 1 aromatic heterocycles. The molecule has 0 atom stereocenters. The van der Waals surface area contributed by atoms with E-state index in [0.29, 0.717) is 0 Å². The molecule has 5 nitrogen and oxygen atoms in total. The van der Waals surface area contributed by atoms with E-state index in [1.807, 2.05) is 0 Å². The third-order valence-electron chi connectivity index (χ3n) is 1.85. The minimum absolute atomic E-state index is 0.0861. The van der Waals surface area contributed by atoms with Gasteiger partial charge in [0.1, 0.15) is 11.4 Å². The first-order chi connectivity index (χ1) is 11.5. The quantitative estimate of drug-likeness (QED) is 0.838. The summed E-state index contributed by atoms with van der Waals surface area (Å²) in [5.41, 5.74) is -1.90.